The topological polar surface area (TPSA) is 78.1 Å². The Morgan fingerprint density at radius 3 is 2.42 bits per heavy atom. The first kappa shape index (κ1) is 10.9. The molecule has 1 aromatic carbocycles. The summed E-state index contributed by atoms with van der Waals surface area (Å²) in [5, 5.41) is 10.4. The molecule has 12 heavy (non-hydrogen) atoms. The second kappa shape index (κ2) is 4.74. The van der Waals surface area contributed by atoms with Crippen LogP contribution in [0.1, 0.15) is 0 Å². The number of hydrogen-bond donors (Lipinski definition) is 1. The average molecular weight is 186 g/mol. The van der Waals surface area contributed by atoms with Crippen molar-refractivity contribution in [2.24, 2.45) is 0 Å². The first-order valence-corrected chi connectivity index (χ1v) is 4.25. The molecule has 0 aliphatic heterocycles. The molecular formula is C7H10N2O2S. The molecule has 0 amide bonds. The van der Waals surface area contributed by atoms with Crippen LogP contribution in [0.15, 0.2) is 29.2 Å². The Morgan fingerprint density at radius 1 is 1.42 bits per heavy atom. The summed E-state index contributed by atoms with van der Waals surface area (Å²) in [7, 11) is 0. The van der Waals surface area contributed by atoms with Crippen molar-refractivity contribution in [2.75, 3.05) is 6.26 Å². The summed E-state index contributed by atoms with van der Waals surface area (Å²) in [6, 6.07) is 6.70. The van der Waals surface area contributed by atoms with Gasteiger partial charge in [0.25, 0.3) is 5.69 Å². The zero-order chi connectivity index (χ0) is 8.27. The van der Waals surface area contributed by atoms with E-state index in [0.29, 0.717) is 4.90 Å². The van der Waals surface area contributed by atoms with Gasteiger partial charge in [0, 0.05) is 6.07 Å². The van der Waals surface area contributed by atoms with Crippen molar-refractivity contribution in [1.29, 1.82) is 0 Å². The molecule has 0 aromatic heterocycles. The fraction of sp³-hybridized carbons (Fsp3) is 0.143. The van der Waals surface area contributed by atoms with Gasteiger partial charge in [-0.3, -0.25) is 10.1 Å². The fourth-order valence-corrected chi connectivity index (χ4v) is 1.35. The number of benzene rings is 1. The van der Waals surface area contributed by atoms with Crippen LogP contribution in [0.25, 0.3) is 0 Å². The molecule has 0 atom stereocenters. The van der Waals surface area contributed by atoms with Gasteiger partial charge in [-0.15, -0.1) is 11.8 Å². The van der Waals surface area contributed by atoms with Crippen LogP contribution >= 0.6 is 11.8 Å². The molecule has 66 valence electrons. The fourth-order valence-electron chi connectivity index (χ4n) is 0.781. The summed E-state index contributed by atoms with van der Waals surface area (Å²) in [6.07, 6.45) is 1.82. The number of hydrogen-bond acceptors (Lipinski definition) is 4. The van der Waals surface area contributed by atoms with Crippen LogP contribution in [0.2, 0.25) is 0 Å². The minimum Gasteiger partial charge on any atom is -0.344 e. The van der Waals surface area contributed by atoms with Crippen molar-refractivity contribution in [3.8, 4) is 0 Å². The van der Waals surface area contributed by atoms with Gasteiger partial charge in [0.1, 0.15) is 0 Å². The molecule has 0 saturated carbocycles. The Bertz CT molecular complexity index is 278. The van der Waals surface area contributed by atoms with Crippen molar-refractivity contribution in [3.63, 3.8) is 0 Å². The van der Waals surface area contributed by atoms with Crippen LogP contribution in [-0.2, 0) is 0 Å². The maximum atomic E-state index is 10.4. The highest BCUT2D eigenvalue weighted by atomic mass is 32.2. The molecule has 0 aliphatic carbocycles. The molecule has 3 N–H and O–H groups in total. The lowest BCUT2D eigenvalue weighted by Gasteiger charge is -1.95. The Balaban J connectivity index is 0.00000121. The highest BCUT2D eigenvalue weighted by Crippen LogP contribution is 2.25. The minimum absolute atomic E-state index is 0. The van der Waals surface area contributed by atoms with E-state index in [2.05, 4.69) is 0 Å². The molecule has 4 nitrogen and oxygen atoms in total. The van der Waals surface area contributed by atoms with E-state index in [1.54, 1.807) is 18.2 Å². The molecule has 5 heteroatoms. The second-order valence-electron chi connectivity index (χ2n) is 1.93. The molecule has 0 unspecified atom stereocenters. The van der Waals surface area contributed by atoms with E-state index >= 15 is 0 Å². The zero-order valence-corrected chi connectivity index (χ0v) is 7.50. The third-order valence-electron chi connectivity index (χ3n) is 1.28. The number of thioether (sulfide) groups is 1. The highest BCUT2D eigenvalue weighted by Gasteiger charge is 2.09. The van der Waals surface area contributed by atoms with Crippen molar-refractivity contribution in [1.82, 2.24) is 6.15 Å². The molecule has 0 radical (unpaired) electrons. The van der Waals surface area contributed by atoms with Crippen LogP contribution in [0.5, 0.6) is 0 Å². The van der Waals surface area contributed by atoms with Crippen LogP contribution in [-0.4, -0.2) is 11.2 Å². The van der Waals surface area contributed by atoms with E-state index in [4.69, 9.17) is 0 Å². The average Bonchev–Trinajstić information content (AvgIpc) is 2.04. The summed E-state index contributed by atoms with van der Waals surface area (Å²) in [5.41, 5.74) is 0.181. The lowest BCUT2D eigenvalue weighted by atomic mass is 10.3. The smallest absolute Gasteiger partial charge is 0.282 e. The highest BCUT2D eigenvalue weighted by molar-refractivity contribution is 7.98. The maximum Gasteiger partial charge on any atom is 0.282 e. The van der Waals surface area contributed by atoms with Gasteiger partial charge < -0.3 is 6.15 Å². The number of nitrogens with zero attached hydrogens (tertiary/aromatic N) is 1. The van der Waals surface area contributed by atoms with E-state index in [1.165, 1.54) is 17.8 Å². The van der Waals surface area contributed by atoms with Crippen LogP contribution in [0, 0.1) is 10.1 Å². The van der Waals surface area contributed by atoms with Crippen molar-refractivity contribution < 1.29 is 4.92 Å². The van der Waals surface area contributed by atoms with Crippen molar-refractivity contribution in [2.45, 2.75) is 4.90 Å². The SMILES string of the molecule is CSc1ccccc1[N+](=O)[O-].N. The molecule has 0 fully saturated rings. The number of nitro benzene ring substituents is 1. The first-order chi connectivity index (χ1) is 5.25. The van der Waals surface area contributed by atoms with Gasteiger partial charge in [-0.05, 0) is 12.3 Å². The summed E-state index contributed by atoms with van der Waals surface area (Å²) in [6.45, 7) is 0. The molecule has 0 heterocycles. The quantitative estimate of drug-likeness (QED) is 0.437. The van der Waals surface area contributed by atoms with Crippen molar-refractivity contribution >= 4 is 17.4 Å². The Labute approximate surface area is 74.7 Å². The van der Waals surface area contributed by atoms with Gasteiger partial charge in [-0.2, -0.15) is 0 Å². The van der Waals surface area contributed by atoms with E-state index in [1.807, 2.05) is 6.26 Å². The largest absolute Gasteiger partial charge is 0.344 e. The molecule has 1 aromatic rings. The third kappa shape index (κ3) is 2.21. The van der Waals surface area contributed by atoms with Crippen molar-refractivity contribution in [3.05, 3.63) is 34.4 Å². The van der Waals surface area contributed by atoms with E-state index < -0.39 is 0 Å². The molecule has 0 bridgehead atoms. The summed E-state index contributed by atoms with van der Waals surface area (Å²) >= 11 is 1.38. The van der Waals surface area contributed by atoms with Gasteiger partial charge >= 0.3 is 0 Å². The number of nitro groups is 1. The monoisotopic (exact) mass is 186 g/mol. The Morgan fingerprint density at radius 2 is 2.00 bits per heavy atom. The summed E-state index contributed by atoms with van der Waals surface area (Å²) in [4.78, 5) is 10.7. The third-order valence-corrected chi connectivity index (χ3v) is 2.07. The minimum atomic E-state index is -0.369. The zero-order valence-electron chi connectivity index (χ0n) is 6.69. The molecule has 0 saturated heterocycles. The van der Waals surface area contributed by atoms with Gasteiger partial charge in [-0.25, -0.2) is 0 Å². The first-order valence-electron chi connectivity index (χ1n) is 3.03. The van der Waals surface area contributed by atoms with Gasteiger partial charge in [0.2, 0.25) is 0 Å². The Kier molecular flexibility index (Phi) is 4.31. The lowest BCUT2D eigenvalue weighted by Crippen LogP contribution is -1.88. The Hall–Kier alpha value is -1.07. The van der Waals surface area contributed by atoms with E-state index in [-0.39, 0.29) is 16.8 Å². The summed E-state index contributed by atoms with van der Waals surface area (Å²) in [5.74, 6) is 0. The van der Waals surface area contributed by atoms with Gasteiger partial charge in [0.05, 0.1) is 9.82 Å². The predicted octanol–water partition coefficient (Wildman–Crippen LogP) is 2.48. The van der Waals surface area contributed by atoms with E-state index in [0.717, 1.165) is 0 Å². The van der Waals surface area contributed by atoms with Crippen LogP contribution in [0.4, 0.5) is 5.69 Å². The normalized spacial score (nSPS) is 8.75. The standard InChI is InChI=1S/C7H7NO2S.H3N/c1-11-7-5-3-2-4-6(7)8(9)10;/h2-5H,1H3;1H3. The number of para-hydroxylation sites is 1. The maximum absolute atomic E-state index is 10.4. The lowest BCUT2D eigenvalue weighted by molar-refractivity contribution is -0.387. The predicted molar refractivity (Wildman–Crippen MR) is 49.9 cm³/mol. The summed E-state index contributed by atoms with van der Waals surface area (Å²) < 4.78 is 0. The second-order valence-corrected chi connectivity index (χ2v) is 2.78. The van der Waals surface area contributed by atoms with Crippen LogP contribution < -0.4 is 6.15 Å². The van der Waals surface area contributed by atoms with E-state index in [9.17, 15) is 10.1 Å². The molecule has 1 rings (SSSR count). The van der Waals surface area contributed by atoms with Crippen LogP contribution in [0.3, 0.4) is 0 Å². The molecule has 0 spiro atoms. The van der Waals surface area contributed by atoms with Gasteiger partial charge in [-0.1, -0.05) is 12.1 Å². The molecule has 0 aliphatic rings. The van der Waals surface area contributed by atoms with Gasteiger partial charge in [0.15, 0.2) is 0 Å². The molecular weight excluding hydrogens is 176 g/mol. The number of rotatable bonds is 2.